The highest BCUT2D eigenvalue weighted by atomic mass is 16.5. The number of rotatable bonds is 5. The van der Waals surface area contributed by atoms with Gasteiger partial charge in [-0.25, -0.2) is 0 Å². The van der Waals surface area contributed by atoms with Crippen molar-refractivity contribution in [2.24, 2.45) is 11.7 Å². The van der Waals surface area contributed by atoms with E-state index in [0.29, 0.717) is 19.1 Å². The van der Waals surface area contributed by atoms with Gasteiger partial charge in [0.1, 0.15) is 0 Å². The number of hydrogen-bond acceptors (Lipinski definition) is 4. The third-order valence-electron chi connectivity index (χ3n) is 4.64. The van der Waals surface area contributed by atoms with Gasteiger partial charge in [0.2, 0.25) is 5.91 Å². The fourth-order valence-electron chi connectivity index (χ4n) is 3.21. The van der Waals surface area contributed by atoms with E-state index in [1.54, 1.807) is 7.11 Å². The minimum atomic E-state index is 0.245. The summed E-state index contributed by atoms with van der Waals surface area (Å²) in [6.45, 7) is 5.85. The molecule has 116 valence electrons. The van der Waals surface area contributed by atoms with Crippen molar-refractivity contribution < 1.29 is 9.53 Å². The van der Waals surface area contributed by atoms with Crippen molar-refractivity contribution in [3.63, 3.8) is 0 Å². The van der Waals surface area contributed by atoms with Gasteiger partial charge in [-0.1, -0.05) is 0 Å². The summed E-state index contributed by atoms with van der Waals surface area (Å²) in [5.41, 5.74) is 5.94. The molecule has 0 unspecified atom stereocenters. The van der Waals surface area contributed by atoms with E-state index < -0.39 is 0 Å². The molecule has 20 heavy (non-hydrogen) atoms. The number of likely N-dealkylation sites (tertiary alicyclic amines) is 2. The van der Waals surface area contributed by atoms with E-state index >= 15 is 0 Å². The zero-order valence-corrected chi connectivity index (χ0v) is 12.7. The summed E-state index contributed by atoms with van der Waals surface area (Å²) in [7, 11) is 1.64. The lowest BCUT2D eigenvalue weighted by molar-refractivity contribution is -0.133. The quantitative estimate of drug-likeness (QED) is 0.806. The number of ether oxygens (including phenoxy) is 1. The third kappa shape index (κ3) is 4.72. The number of hydrogen-bond donors (Lipinski definition) is 1. The van der Waals surface area contributed by atoms with Crippen LogP contribution >= 0.6 is 0 Å². The molecule has 5 heteroatoms. The average Bonchev–Trinajstić information content (AvgIpc) is 2.48. The normalized spacial score (nSPS) is 23.2. The minimum absolute atomic E-state index is 0.245. The summed E-state index contributed by atoms with van der Waals surface area (Å²) >= 11 is 0. The average molecular weight is 283 g/mol. The first-order valence-electron chi connectivity index (χ1n) is 7.93. The molecule has 5 nitrogen and oxygen atoms in total. The zero-order chi connectivity index (χ0) is 14.4. The molecule has 2 rings (SSSR count). The van der Waals surface area contributed by atoms with Crippen LogP contribution in [0.2, 0.25) is 0 Å². The molecule has 2 aliphatic heterocycles. The summed E-state index contributed by atoms with van der Waals surface area (Å²) in [5.74, 6) is 0.991. The lowest BCUT2D eigenvalue weighted by atomic mass is 9.94. The van der Waals surface area contributed by atoms with Crippen LogP contribution < -0.4 is 5.73 Å². The Morgan fingerprint density at radius 1 is 1.15 bits per heavy atom. The molecule has 0 aromatic carbocycles. The van der Waals surface area contributed by atoms with Crippen molar-refractivity contribution in [3.8, 4) is 0 Å². The molecule has 0 radical (unpaired) electrons. The fraction of sp³-hybridized carbons (Fsp3) is 0.933. The largest absolute Gasteiger partial charge is 0.384 e. The predicted octanol–water partition coefficient (Wildman–Crippen LogP) is 0.685. The lowest BCUT2D eigenvalue weighted by Gasteiger charge is -2.37. The molecule has 2 N–H and O–H groups in total. The van der Waals surface area contributed by atoms with Crippen molar-refractivity contribution in [2.75, 3.05) is 46.4 Å². The SMILES string of the molecule is COCCC(=O)N1CCC(CN2CCC(N)CC2)CC1. The third-order valence-corrected chi connectivity index (χ3v) is 4.64. The van der Waals surface area contributed by atoms with E-state index in [9.17, 15) is 4.79 Å². The summed E-state index contributed by atoms with van der Waals surface area (Å²) in [4.78, 5) is 16.5. The van der Waals surface area contributed by atoms with Crippen LogP contribution in [0, 0.1) is 5.92 Å². The Labute approximate surface area is 122 Å². The molecule has 2 heterocycles. The van der Waals surface area contributed by atoms with Gasteiger partial charge in [0.25, 0.3) is 0 Å². The van der Waals surface area contributed by atoms with Gasteiger partial charge in [0, 0.05) is 32.8 Å². The Hall–Kier alpha value is -0.650. The fourth-order valence-corrected chi connectivity index (χ4v) is 3.21. The second-order valence-corrected chi connectivity index (χ2v) is 6.20. The van der Waals surface area contributed by atoms with E-state index in [4.69, 9.17) is 10.5 Å². The van der Waals surface area contributed by atoms with Crippen molar-refractivity contribution in [1.82, 2.24) is 9.80 Å². The van der Waals surface area contributed by atoms with Crippen molar-refractivity contribution in [2.45, 2.75) is 38.1 Å². The van der Waals surface area contributed by atoms with Gasteiger partial charge in [-0.3, -0.25) is 4.79 Å². The van der Waals surface area contributed by atoms with Crippen LogP contribution in [0.5, 0.6) is 0 Å². The summed E-state index contributed by atoms with van der Waals surface area (Å²) < 4.78 is 4.97. The Morgan fingerprint density at radius 3 is 2.40 bits per heavy atom. The minimum Gasteiger partial charge on any atom is -0.384 e. The van der Waals surface area contributed by atoms with Gasteiger partial charge >= 0.3 is 0 Å². The van der Waals surface area contributed by atoms with E-state index in [1.807, 2.05) is 4.90 Å². The number of carbonyl (C=O) groups excluding carboxylic acids is 1. The molecular formula is C15H29N3O2. The Bertz CT molecular complexity index is 295. The summed E-state index contributed by atoms with van der Waals surface area (Å²) in [6, 6.07) is 0.409. The highest BCUT2D eigenvalue weighted by Gasteiger charge is 2.25. The van der Waals surface area contributed by atoms with Crippen LogP contribution in [0.1, 0.15) is 32.1 Å². The number of carbonyl (C=O) groups is 1. The Balaban J connectivity index is 1.65. The molecule has 0 aliphatic carbocycles. The maximum atomic E-state index is 11.9. The van der Waals surface area contributed by atoms with Gasteiger partial charge in [-0.2, -0.15) is 0 Å². The number of amides is 1. The predicted molar refractivity (Wildman–Crippen MR) is 79.4 cm³/mol. The molecular weight excluding hydrogens is 254 g/mol. The molecule has 2 saturated heterocycles. The van der Waals surface area contributed by atoms with Gasteiger partial charge < -0.3 is 20.3 Å². The lowest BCUT2D eigenvalue weighted by Crippen LogP contribution is -2.45. The number of piperidine rings is 2. The molecule has 0 bridgehead atoms. The first-order valence-corrected chi connectivity index (χ1v) is 7.93. The highest BCUT2D eigenvalue weighted by Crippen LogP contribution is 2.20. The van der Waals surface area contributed by atoms with E-state index in [0.717, 1.165) is 57.8 Å². The maximum absolute atomic E-state index is 11.9. The first kappa shape index (κ1) is 15.7. The molecule has 0 saturated carbocycles. The number of nitrogens with two attached hydrogens (primary N) is 1. The number of nitrogens with zero attached hydrogens (tertiary/aromatic N) is 2. The van der Waals surface area contributed by atoms with Crippen LogP contribution in [-0.2, 0) is 9.53 Å². The van der Waals surface area contributed by atoms with Crippen LogP contribution in [0.15, 0.2) is 0 Å². The number of methoxy groups -OCH3 is 1. The Morgan fingerprint density at radius 2 is 1.80 bits per heavy atom. The zero-order valence-electron chi connectivity index (χ0n) is 12.7. The molecule has 0 atom stereocenters. The molecule has 0 spiro atoms. The van der Waals surface area contributed by atoms with Crippen molar-refractivity contribution in [1.29, 1.82) is 0 Å². The molecule has 0 aromatic rings. The van der Waals surface area contributed by atoms with Crippen molar-refractivity contribution >= 4 is 5.91 Å². The second-order valence-electron chi connectivity index (χ2n) is 6.20. The van der Waals surface area contributed by atoms with Crippen molar-refractivity contribution in [3.05, 3.63) is 0 Å². The van der Waals surface area contributed by atoms with Crippen LogP contribution in [0.4, 0.5) is 0 Å². The molecule has 1 amide bonds. The molecule has 2 aliphatic rings. The monoisotopic (exact) mass is 283 g/mol. The summed E-state index contributed by atoms with van der Waals surface area (Å²) in [5, 5.41) is 0. The summed E-state index contributed by atoms with van der Waals surface area (Å²) in [6.07, 6.45) is 5.07. The first-order chi connectivity index (χ1) is 9.69. The van der Waals surface area contributed by atoms with Crippen LogP contribution in [0.3, 0.4) is 0 Å². The van der Waals surface area contributed by atoms with Gasteiger partial charge in [0.15, 0.2) is 0 Å². The molecule has 0 aromatic heterocycles. The smallest absolute Gasteiger partial charge is 0.224 e. The van der Waals surface area contributed by atoms with Gasteiger partial charge in [-0.15, -0.1) is 0 Å². The van der Waals surface area contributed by atoms with Crippen LogP contribution in [-0.4, -0.2) is 68.2 Å². The van der Waals surface area contributed by atoms with Gasteiger partial charge in [-0.05, 0) is 44.7 Å². The maximum Gasteiger partial charge on any atom is 0.224 e. The van der Waals surface area contributed by atoms with Gasteiger partial charge in [0.05, 0.1) is 13.0 Å². The Kier molecular flexibility index (Phi) is 6.26. The standard InChI is InChI=1S/C15H29N3O2/c1-20-11-6-15(19)18-9-2-13(3-10-18)12-17-7-4-14(16)5-8-17/h13-14H,2-12,16H2,1H3. The van der Waals surface area contributed by atoms with E-state index in [-0.39, 0.29) is 5.91 Å². The second kappa shape index (κ2) is 7.96. The highest BCUT2D eigenvalue weighted by molar-refractivity contribution is 5.76. The molecule has 2 fully saturated rings. The van der Waals surface area contributed by atoms with Crippen LogP contribution in [0.25, 0.3) is 0 Å². The topological polar surface area (TPSA) is 58.8 Å². The van der Waals surface area contributed by atoms with E-state index in [2.05, 4.69) is 4.90 Å². The van der Waals surface area contributed by atoms with E-state index in [1.165, 1.54) is 6.54 Å².